The van der Waals surface area contributed by atoms with E-state index in [1.165, 1.54) is 0 Å². The quantitative estimate of drug-likeness (QED) is 0.667. The van der Waals surface area contributed by atoms with Gasteiger partial charge < -0.3 is 10.5 Å². The SMILES string of the molecule is COCCC(C)C(C)CC(C)N. The van der Waals surface area contributed by atoms with Gasteiger partial charge in [-0.15, -0.1) is 0 Å². The van der Waals surface area contributed by atoms with Crippen molar-refractivity contribution in [1.29, 1.82) is 0 Å². The summed E-state index contributed by atoms with van der Waals surface area (Å²) >= 11 is 0. The topological polar surface area (TPSA) is 35.2 Å². The molecule has 0 bridgehead atoms. The van der Waals surface area contributed by atoms with Crippen molar-refractivity contribution in [2.45, 2.75) is 39.7 Å². The van der Waals surface area contributed by atoms with Crippen molar-refractivity contribution < 1.29 is 4.74 Å². The van der Waals surface area contributed by atoms with Crippen LogP contribution in [0.4, 0.5) is 0 Å². The normalized spacial score (nSPS) is 18.8. The summed E-state index contributed by atoms with van der Waals surface area (Å²) in [6.07, 6.45) is 2.26. The second-order valence-electron chi connectivity index (χ2n) is 3.95. The second-order valence-corrected chi connectivity index (χ2v) is 3.95. The first kappa shape index (κ1) is 11.9. The first-order valence-corrected chi connectivity index (χ1v) is 4.82. The smallest absolute Gasteiger partial charge is 0.0464 e. The average molecular weight is 173 g/mol. The van der Waals surface area contributed by atoms with Gasteiger partial charge in [-0.3, -0.25) is 0 Å². The summed E-state index contributed by atoms with van der Waals surface area (Å²) in [5.41, 5.74) is 5.73. The summed E-state index contributed by atoms with van der Waals surface area (Å²) in [4.78, 5) is 0. The molecule has 0 aromatic heterocycles. The minimum Gasteiger partial charge on any atom is -0.385 e. The fraction of sp³-hybridized carbons (Fsp3) is 1.00. The molecule has 0 saturated carbocycles. The lowest BCUT2D eigenvalue weighted by molar-refractivity contribution is 0.164. The number of methoxy groups -OCH3 is 1. The highest BCUT2D eigenvalue weighted by Gasteiger charge is 2.13. The second kappa shape index (κ2) is 6.44. The predicted molar refractivity (Wildman–Crippen MR) is 53.1 cm³/mol. The van der Waals surface area contributed by atoms with Gasteiger partial charge in [-0.25, -0.2) is 0 Å². The molecule has 74 valence electrons. The molecule has 0 aromatic carbocycles. The summed E-state index contributed by atoms with van der Waals surface area (Å²) in [6, 6.07) is 0.324. The highest BCUT2D eigenvalue weighted by Crippen LogP contribution is 2.19. The molecule has 3 unspecified atom stereocenters. The number of nitrogens with two attached hydrogens (primary N) is 1. The molecule has 0 amide bonds. The Hall–Kier alpha value is -0.0800. The average Bonchev–Trinajstić information content (AvgIpc) is 1.98. The molecular weight excluding hydrogens is 150 g/mol. The van der Waals surface area contributed by atoms with Crippen LogP contribution in [0.1, 0.15) is 33.6 Å². The Balaban J connectivity index is 3.53. The zero-order valence-electron chi connectivity index (χ0n) is 8.84. The number of ether oxygens (including phenoxy) is 1. The van der Waals surface area contributed by atoms with Crippen LogP contribution in [-0.4, -0.2) is 19.8 Å². The van der Waals surface area contributed by atoms with Gasteiger partial charge in [0.1, 0.15) is 0 Å². The van der Waals surface area contributed by atoms with Crippen molar-refractivity contribution in [3.05, 3.63) is 0 Å². The highest BCUT2D eigenvalue weighted by molar-refractivity contribution is 4.66. The van der Waals surface area contributed by atoms with Crippen molar-refractivity contribution in [1.82, 2.24) is 0 Å². The van der Waals surface area contributed by atoms with E-state index in [0.717, 1.165) is 25.4 Å². The summed E-state index contributed by atoms with van der Waals surface area (Å²) in [7, 11) is 1.75. The lowest BCUT2D eigenvalue weighted by Crippen LogP contribution is -2.22. The van der Waals surface area contributed by atoms with Crippen LogP contribution in [0.15, 0.2) is 0 Å². The van der Waals surface area contributed by atoms with Crippen LogP contribution in [0.25, 0.3) is 0 Å². The Morgan fingerprint density at radius 3 is 2.17 bits per heavy atom. The van der Waals surface area contributed by atoms with Crippen LogP contribution in [-0.2, 0) is 4.74 Å². The first-order chi connectivity index (χ1) is 5.57. The van der Waals surface area contributed by atoms with Gasteiger partial charge in [0.15, 0.2) is 0 Å². The van der Waals surface area contributed by atoms with Gasteiger partial charge in [0.25, 0.3) is 0 Å². The summed E-state index contributed by atoms with van der Waals surface area (Å²) in [5.74, 6) is 1.43. The van der Waals surface area contributed by atoms with Crippen LogP contribution in [0.2, 0.25) is 0 Å². The molecule has 0 aliphatic rings. The molecule has 2 nitrogen and oxygen atoms in total. The van der Waals surface area contributed by atoms with E-state index in [1.807, 2.05) is 0 Å². The third-order valence-electron chi connectivity index (χ3n) is 2.49. The number of hydrogen-bond acceptors (Lipinski definition) is 2. The number of rotatable bonds is 6. The maximum absolute atomic E-state index is 5.73. The van der Waals surface area contributed by atoms with Crippen LogP contribution < -0.4 is 5.73 Å². The Labute approximate surface area is 76.5 Å². The van der Waals surface area contributed by atoms with E-state index in [9.17, 15) is 0 Å². The molecule has 0 saturated heterocycles. The lowest BCUT2D eigenvalue weighted by Gasteiger charge is -2.21. The third-order valence-corrected chi connectivity index (χ3v) is 2.49. The monoisotopic (exact) mass is 173 g/mol. The molecule has 2 N–H and O–H groups in total. The summed E-state index contributed by atoms with van der Waals surface area (Å²) < 4.78 is 5.04. The maximum atomic E-state index is 5.73. The summed E-state index contributed by atoms with van der Waals surface area (Å²) in [5, 5.41) is 0. The van der Waals surface area contributed by atoms with Crippen LogP contribution in [0.3, 0.4) is 0 Å². The molecular formula is C10H23NO. The standard InChI is InChI=1S/C10H23NO/c1-8(5-6-12-4)9(2)7-10(3)11/h8-10H,5-7,11H2,1-4H3. The van der Waals surface area contributed by atoms with Crippen LogP contribution in [0.5, 0.6) is 0 Å². The molecule has 0 radical (unpaired) electrons. The fourth-order valence-electron chi connectivity index (χ4n) is 1.41. The van der Waals surface area contributed by atoms with E-state index >= 15 is 0 Å². The molecule has 0 aliphatic heterocycles. The van der Waals surface area contributed by atoms with Crippen molar-refractivity contribution in [2.24, 2.45) is 17.6 Å². The Kier molecular flexibility index (Phi) is 6.39. The van der Waals surface area contributed by atoms with Gasteiger partial charge in [-0.1, -0.05) is 13.8 Å². The molecule has 0 heterocycles. The molecule has 0 spiro atoms. The van der Waals surface area contributed by atoms with Gasteiger partial charge in [-0.05, 0) is 31.6 Å². The van der Waals surface area contributed by atoms with Gasteiger partial charge in [0, 0.05) is 19.8 Å². The maximum Gasteiger partial charge on any atom is 0.0464 e. The Morgan fingerprint density at radius 2 is 1.75 bits per heavy atom. The molecule has 3 atom stereocenters. The number of hydrogen-bond donors (Lipinski definition) is 1. The molecule has 0 aromatic rings. The van der Waals surface area contributed by atoms with E-state index in [-0.39, 0.29) is 0 Å². The molecule has 0 aliphatic carbocycles. The summed E-state index contributed by atoms with van der Waals surface area (Å²) in [6.45, 7) is 7.47. The van der Waals surface area contributed by atoms with Crippen LogP contribution >= 0.6 is 0 Å². The van der Waals surface area contributed by atoms with E-state index in [2.05, 4.69) is 20.8 Å². The van der Waals surface area contributed by atoms with Crippen molar-refractivity contribution in [3.63, 3.8) is 0 Å². The van der Waals surface area contributed by atoms with Gasteiger partial charge in [0.05, 0.1) is 0 Å². The minimum atomic E-state index is 0.324. The predicted octanol–water partition coefficient (Wildman–Crippen LogP) is 2.03. The minimum absolute atomic E-state index is 0.324. The zero-order chi connectivity index (χ0) is 9.56. The van der Waals surface area contributed by atoms with Gasteiger partial charge >= 0.3 is 0 Å². The van der Waals surface area contributed by atoms with E-state index < -0.39 is 0 Å². The van der Waals surface area contributed by atoms with Crippen molar-refractivity contribution in [2.75, 3.05) is 13.7 Å². The van der Waals surface area contributed by atoms with Crippen molar-refractivity contribution in [3.8, 4) is 0 Å². The van der Waals surface area contributed by atoms with E-state index in [4.69, 9.17) is 10.5 Å². The Morgan fingerprint density at radius 1 is 1.17 bits per heavy atom. The third kappa shape index (κ3) is 5.56. The van der Waals surface area contributed by atoms with Crippen molar-refractivity contribution >= 4 is 0 Å². The molecule has 2 heteroatoms. The van der Waals surface area contributed by atoms with Gasteiger partial charge in [0.2, 0.25) is 0 Å². The van der Waals surface area contributed by atoms with E-state index in [1.54, 1.807) is 7.11 Å². The Bertz CT molecular complexity index is 104. The highest BCUT2D eigenvalue weighted by atomic mass is 16.5. The lowest BCUT2D eigenvalue weighted by atomic mass is 9.88. The first-order valence-electron chi connectivity index (χ1n) is 4.82. The van der Waals surface area contributed by atoms with Gasteiger partial charge in [-0.2, -0.15) is 0 Å². The zero-order valence-corrected chi connectivity index (χ0v) is 8.84. The fourth-order valence-corrected chi connectivity index (χ4v) is 1.41. The van der Waals surface area contributed by atoms with Crippen LogP contribution in [0, 0.1) is 11.8 Å². The largest absolute Gasteiger partial charge is 0.385 e. The molecule has 12 heavy (non-hydrogen) atoms. The molecule has 0 fully saturated rings. The molecule has 0 rings (SSSR count). The van der Waals surface area contributed by atoms with E-state index in [0.29, 0.717) is 12.0 Å².